The van der Waals surface area contributed by atoms with E-state index in [-0.39, 0.29) is 0 Å². The first-order chi connectivity index (χ1) is 4.16. The Bertz CT molecular complexity index is 63.9. The molecular formula is C7H16BrN. The standard InChI is InChI=1S/C7H16BrN/c1-4-5-9(3)6-7(2)8/h7H,4-6H2,1-3H3. The van der Waals surface area contributed by atoms with Crippen LogP contribution in [0, 0.1) is 0 Å². The summed E-state index contributed by atoms with van der Waals surface area (Å²) in [5.74, 6) is 0. The van der Waals surface area contributed by atoms with E-state index in [0.29, 0.717) is 4.83 Å². The number of alkyl halides is 1. The Hall–Kier alpha value is 0.440. The van der Waals surface area contributed by atoms with Gasteiger partial charge in [0.25, 0.3) is 0 Å². The zero-order valence-electron chi connectivity index (χ0n) is 6.52. The van der Waals surface area contributed by atoms with Gasteiger partial charge < -0.3 is 4.90 Å². The molecular weight excluding hydrogens is 178 g/mol. The molecule has 0 aromatic heterocycles. The molecule has 1 atom stereocenters. The second-order valence-electron chi connectivity index (χ2n) is 2.54. The third kappa shape index (κ3) is 6.32. The van der Waals surface area contributed by atoms with E-state index in [1.54, 1.807) is 0 Å². The molecule has 0 saturated carbocycles. The summed E-state index contributed by atoms with van der Waals surface area (Å²) in [6.07, 6.45) is 1.25. The van der Waals surface area contributed by atoms with Crippen LogP contribution in [0.15, 0.2) is 0 Å². The summed E-state index contributed by atoms with van der Waals surface area (Å²) in [5, 5.41) is 0. The van der Waals surface area contributed by atoms with Gasteiger partial charge in [-0.05, 0) is 20.0 Å². The second kappa shape index (κ2) is 5.24. The Kier molecular flexibility index (Phi) is 5.50. The maximum absolute atomic E-state index is 3.50. The molecule has 56 valence electrons. The van der Waals surface area contributed by atoms with E-state index < -0.39 is 0 Å². The van der Waals surface area contributed by atoms with Crippen LogP contribution in [0.5, 0.6) is 0 Å². The summed E-state index contributed by atoms with van der Waals surface area (Å²) in [6, 6.07) is 0. The largest absolute Gasteiger partial charge is 0.305 e. The van der Waals surface area contributed by atoms with Gasteiger partial charge in [0, 0.05) is 11.4 Å². The van der Waals surface area contributed by atoms with E-state index in [0.717, 1.165) is 6.54 Å². The topological polar surface area (TPSA) is 3.24 Å². The van der Waals surface area contributed by atoms with Crippen molar-refractivity contribution in [1.29, 1.82) is 0 Å². The normalized spacial score (nSPS) is 14.3. The van der Waals surface area contributed by atoms with E-state index >= 15 is 0 Å². The number of hydrogen-bond donors (Lipinski definition) is 0. The summed E-state index contributed by atoms with van der Waals surface area (Å²) < 4.78 is 0. The highest BCUT2D eigenvalue weighted by Crippen LogP contribution is 1.99. The van der Waals surface area contributed by atoms with Gasteiger partial charge in [0.05, 0.1) is 0 Å². The molecule has 0 fully saturated rings. The van der Waals surface area contributed by atoms with Crippen molar-refractivity contribution in [3.8, 4) is 0 Å². The highest BCUT2D eigenvalue weighted by Gasteiger charge is 1.99. The SMILES string of the molecule is CCCN(C)CC(C)Br. The van der Waals surface area contributed by atoms with Gasteiger partial charge in [-0.1, -0.05) is 29.8 Å². The van der Waals surface area contributed by atoms with Crippen LogP contribution in [0.25, 0.3) is 0 Å². The van der Waals surface area contributed by atoms with Crippen molar-refractivity contribution in [3.05, 3.63) is 0 Å². The van der Waals surface area contributed by atoms with Crippen LogP contribution in [0.2, 0.25) is 0 Å². The van der Waals surface area contributed by atoms with Crippen molar-refractivity contribution < 1.29 is 0 Å². The van der Waals surface area contributed by atoms with E-state index in [4.69, 9.17) is 0 Å². The maximum atomic E-state index is 3.50. The van der Waals surface area contributed by atoms with E-state index in [1.807, 2.05) is 0 Å². The molecule has 0 amide bonds. The van der Waals surface area contributed by atoms with Crippen molar-refractivity contribution in [3.63, 3.8) is 0 Å². The van der Waals surface area contributed by atoms with Gasteiger partial charge in [-0.25, -0.2) is 0 Å². The number of nitrogens with zero attached hydrogens (tertiary/aromatic N) is 1. The molecule has 0 N–H and O–H groups in total. The first-order valence-electron chi connectivity index (χ1n) is 3.49. The lowest BCUT2D eigenvalue weighted by atomic mass is 10.4. The van der Waals surface area contributed by atoms with Gasteiger partial charge in [-0.2, -0.15) is 0 Å². The van der Waals surface area contributed by atoms with Crippen LogP contribution in [0.1, 0.15) is 20.3 Å². The maximum Gasteiger partial charge on any atom is 0.0244 e. The van der Waals surface area contributed by atoms with Crippen LogP contribution in [-0.4, -0.2) is 29.9 Å². The molecule has 9 heavy (non-hydrogen) atoms. The second-order valence-corrected chi connectivity index (χ2v) is 4.11. The van der Waals surface area contributed by atoms with Gasteiger partial charge in [-0.15, -0.1) is 0 Å². The highest BCUT2D eigenvalue weighted by atomic mass is 79.9. The molecule has 0 radical (unpaired) electrons. The molecule has 0 spiro atoms. The Morgan fingerprint density at radius 1 is 1.56 bits per heavy atom. The molecule has 0 aromatic rings. The Balaban J connectivity index is 3.15. The average Bonchev–Trinajstić information content (AvgIpc) is 1.63. The van der Waals surface area contributed by atoms with Crippen LogP contribution >= 0.6 is 15.9 Å². The molecule has 0 aliphatic rings. The molecule has 0 aliphatic heterocycles. The summed E-state index contributed by atoms with van der Waals surface area (Å²) in [7, 11) is 2.15. The lowest BCUT2D eigenvalue weighted by Gasteiger charge is -2.16. The first-order valence-corrected chi connectivity index (χ1v) is 4.41. The van der Waals surface area contributed by atoms with Gasteiger partial charge >= 0.3 is 0 Å². The molecule has 0 aliphatic carbocycles. The van der Waals surface area contributed by atoms with Crippen LogP contribution in [0.3, 0.4) is 0 Å². The zero-order chi connectivity index (χ0) is 7.28. The molecule has 0 aromatic carbocycles. The third-order valence-electron chi connectivity index (χ3n) is 1.17. The lowest BCUT2D eigenvalue weighted by molar-refractivity contribution is 0.341. The van der Waals surface area contributed by atoms with Crippen LogP contribution in [0.4, 0.5) is 0 Å². The lowest BCUT2D eigenvalue weighted by Crippen LogP contribution is -2.24. The van der Waals surface area contributed by atoms with Crippen LogP contribution < -0.4 is 0 Å². The van der Waals surface area contributed by atoms with Gasteiger partial charge in [0.1, 0.15) is 0 Å². The predicted molar refractivity (Wildman–Crippen MR) is 46.2 cm³/mol. The van der Waals surface area contributed by atoms with Gasteiger partial charge in [0.15, 0.2) is 0 Å². The number of halogens is 1. The Morgan fingerprint density at radius 3 is 2.44 bits per heavy atom. The molecule has 0 bridgehead atoms. The van der Waals surface area contributed by atoms with Crippen molar-refractivity contribution >= 4 is 15.9 Å². The molecule has 0 rings (SSSR count). The van der Waals surface area contributed by atoms with E-state index in [1.165, 1.54) is 13.0 Å². The minimum atomic E-state index is 0.619. The number of rotatable bonds is 4. The highest BCUT2D eigenvalue weighted by molar-refractivity contribution is 9.09. The van der Waals surface area contributed by atoms with Crippen molar-refractivity contribution in [2.24, 2.45) is 0 Å². The molecule has 0 heterocycles. The van der Waals surface area contributed by atoms with Gasteiger partial charge in [0.2, 0.25) is 0 Å². The fourth-order valence-corrected chi connectivity index (χ4v) is 1.40. The molecule has 1 unspecified atom stereocenters. The molecule has 0 saturated heterocycles. The minimum absolute atomic E-state index is 0.619. The van der Waals surface area contributed by atoms with Crippen molar-refractivity contribution in [2.75, 3.05) is 20.1 Å². The van der Waals surface area contributed by atoms with E-state index in [2.05, 4.69) is 41.7 Å². The Labute approximate surface area is 66.6 Å². The summed E-state index contributed by atoms with van der Waals surface area (Å²) in [6.45, 7) is 6.73. The summed E-state index contributed by atoms with van der Waals surface area (Å²) in [4.78, 5) is 2.95. The third-order valence-corrected chi connectivity index (χ3v) is 1.46. The predicted octanol–water partition coefficient (Wildman–Crippen LogP) is 2.11. The summed E-state index contributed by atoms with van der Waals surface area (Å²) >= 11 is 3.50. The molecule has 2 heteroatoms. The van der Waals surface area contributed by atoms with Crippen molar-refractivity contribution in [1.82, 2.24) is 4.90 Å². The Morgan fingerprint density at radius 2 is 2.11 bits per heavy atom. The fourth-order valence-electron chi connectivity index (χ4n) is 0.902. The zero-order valence-corrected chi connectivity index (χ0v) is 8.11. The number of hydrogen-bond acceptors (Lipinski definition) is 1. The fraction of sp³-hybridized carbons (Fsp3) is 1.00. The first kappa shape index (κ1) is 9.44. The van der Waals surface area contributed by atoms with E-state index in [9.17, 15) is 0 Å². The van der Waals surface area contributed by atoms with Crippen molar-refractivity contribution in [2.45, 2.75) is 25.1 Å². The average molecular weight is 194 g/mol. The smallest absolute Gasteiger partial charge is 0.0244 e. The van der Waals surface area contributed by atoms with Crippen LogP contribution in [-0.2, 0) is 0 Å². The monoisotopic (exact) mass is 193 g/mol. The summed E-state index contributed by atoms with van der Waals surface area (Å²) in [5.41, 5.74) is 0. The minimum Gasteiger partial charge on any atom is -0.305 e. The molecule has 1 nitrogen and oxygen atoms in total. The van der Waals surface area contributed by atoms with Gasteiger partial charge in [-0.3, -0.25) is 0 Å². The quantitative estimate of drug-likeness (QED) is 0.619.